The van der Waals surface area contributed by atoms with Crippen LogP contribution in [-0.4, -0.2) is 16.8 Å². The first-order valence-electron chi connectivity index (χ1n) is 6.05. The van der Waals surface area contributed by atoms with Crippen LogP contribution < -0.4 is 5.32 Å². The zero-order chi connectivity index (χ0) is 14.4. The van der Waals surface area contributed by atoms with E-state index in [9.17, 15) is 9.18 Å². The molecule has 0 spiro atoms. The molecule has 2 rings (SSSR count). The average Bonchev–Trinajstić information content (AvgIpc) is 2.47. The van der Waals surface area contributed by atoms with Crippen molar-refractivity contribution in [3.05, 3.63) is 59.9 Å². The molecule has 0 bridgehead atoms. The van der Waals surface area contributed by atoms with Crippen molar-refractivity contribution in [2.24, 2.45) is 0 Å². The van der Waals surface area contributed by atoms with E-state index in [1.54, 1.807) is 36.4 Å². The summed E-state index contributed by atoms with van der Waals surface area (Å²) in [5, 5.41) is 11.8. The first-order chi connectivity index (χ1) is 9.67. The third kappa shape index (κ3) is 4.36. The van der Waals surface area contributed by atoms with E-state index in [0.29, 0.717) is 5.69 Å². The fourth-order valence-corrected chi connectivity index (χ4v) is 2.32. The third-order valence-corrected chi connectivity index (χ3v) is 3.59. The second kappa shape index (κ2) is 7.07. The number of benzene rings is 2. The summed E-state index contributed by atoms with van der Waals surface area (Å²) in [6, 6.07) is 13.0. The van der Waals surface area contributed by atoms with E-state index < -0.39 is 0 Å². The van der Waals surface area contributed by atoms with Gasteiger partial charge in [0.25, 0.3) is 0 Å². The van der Waals surface area contributed by atoms with Gasteiger partial charge in [0.2, 0.25) is 5.91 Å². The molecule has 0 saturated carbocycles. The number of carbonyl (C=O) groups excluding carboxylic acids is 1. The minimum atomic E-state index is -0.292. The minimum absolute atomic E-state index is 0.0615. The summed E-state index contributed by atoms with van der Waals surface area (Å²) in [6.45, 7) is -0.0615. The number of hydrogen-bond acceptors (Lipinski definition) is 3. The van der Waals surface area contributed by atoms with Crippen LogP contribution >= 0.6 is 11.8 Å². The number of anilines is 1. The van der Waals surface area contributed by atoms with Crippen LogP contribution in [0.15, 0.2) is 53.4 Å². The van der Waals surface area contributed by atoms with Crippen molar-refractivity contribution < 1.29 is 14.3 Å². The van der Waals surface area contributed by atoms with Gasteiger partial charge in [-0.05, 0) is 42.0 Å². The quantitative estimate of drug-likeness (QED) is 0.832. The molecular weight excluding hydrogens is 277 g/mol. The van der Waals surface area contributed by atoms with E-state index in [4.69, 9.17) is 5.11 Å². The number of rotatable bonds is 5. The van der Waals surface area contributed by atoms with Crippen LogP contribution in [0.4, 0.5) is 10.1 Å². The number of aliphatic hydroxyl groups excluding tert-OH is 1. The first-order valence-corrected chi connectivity index (χ1v) is 7.04. The summed E-state index contributed by atoms with van der Waals surface area (Å²) >= 11 is 1.34. The molecule has 1 amide bonds. The van der Waals surface area contributed by atoms with Crippen LogP contribution in [0.5, 0.6) is 0 Å². The van der Waals surface area contributed by atoms with Crippen LogP contribution in [0.2, 0.25) is 0 Å². The number of carbonyl (C=O) groups is 1. The van der Waals surface area contributed by atoms with Crippen molar-refractivity contribution in [1.82, 2.24) is 0 Å². The predicted octanol–water partition coefficient (Wildman–Crippen LogP) is 3.05. The predicted molar refractivity (Wildman–Crippen MR) is 78.1 cm³/mol. The van der Waals surface area contributed by atoms with E-state index in [2.05, 4.69) is 5.32 Å². The van der Waals surface area contributed by atoms with E-state index in [1.807, 2.05) is 0 Å². The van der Waals surface area contributed by atoms with E-state index >= 15 is 0 Å². The molecule has 104 valence electrons. The molecular formula is C15H14FNO2S. The van der Waals surface area contributed by atoms with Crippen molar-refractivity contribution in [3.63, 3.8) is 0 Å². The van der Waals surface area contributed by atoms with Gasteiger partial charge in [-0.3, -0.25) is 4.79 Å². The second-order valence-electron chi connectivity index (χ2n) is 4.15. The Kier molecular flexibility index (Phi) is 5.15. The minimum Gasteiger partial charge on any atom is -0.392 e. The molecule has 0 atom stereocenters. The van der Waals surface area contributed by atoms with Crippen molar-refractivity contribution >= 4 is 23.4 Å². The standard InChI is InChI=1S/C15H14FNO2S/c16-12-4-6-14(7-5-12)20-10-15(19)17-13-3-1-2-11(8-13)9-18/h1-8,18H,9-10H2,(H,17,19). The summed E-state index contributed by atoms with van der Waals surface area (Å²) in [4.78, 5) is 12.6. The van der Waals surface area contributed by atoms with Gasteiger partial charge >= 0.3 is 0 Å². The van der Waals surface area contributed by atoms with Crippen molar-refractivity contribution in [1.29, 1.82) is 0 Å². The molecule has 0 saturated heterocycles. The van der Waals surface area contributed by atoms with Crippen molar-refractivity contribution in [3.8, 4) is 0 Å². The summed E-state index contributed by atoms with van der Waals surface area (Å²) < 4.78 is 12.7. The highest BCUT2D eigenvalue weighted by Crippen LogP contribution is 2.18. The molecule has 0 aromatic heterocycles. The van der Waals surface area contributed by atoms with Crippen LogP contribution in [0.3, 0.4) is 0 Å². The Hall–Kier alpha value is -1.85. The molecule has 0 fully saturated rings. The summed E-state index contributed by atoms with van der Waals surface area (Å²) in [5.74, 6) is -0.191. The average molecular weight is 291 g/mol. The van der Waals surface area contributed by atoms with Crippen LogP contribution in [-0.2, 0) is 11.4 Å². The number of amides is 1. The Labute approximate surface area is 120 Å². The molecule has 3 nitrogen and oxygen atoms in total. The Morgan fingerprint density at radius 3 is 2.65 bits per heavy atom. The Balaban J connectivity index is 1.87. The van der Waals surface area contributed by atoms with Gasteiger partial charge in [-0.2, -0.15) is 0 Å². The van der Waals surface area contributed by atoms with Gasteiger partial charge in [0.05, 0.1) is 12.4 Å². The van der Waals surface area contributed by atoms with Crippen LogP contribution in [0.1, 0.15) is 5.56 Å². The van der Waals surface area contributed by atoms with Crippen molar-refractivity contribution in [2.75, 3.05) is 11.1 Å². The maximum Gasteiger partial charge on any atom is 0.234 e. The first kappa shape index (κ1) is 14.6. The number of aliphatic hydroxyl groups is 1. The lowest BCUT2D eigenvalue weighted by atomic mass is 10.2. The van der Waals surface area contributed by atoms with Gasteiger partial charge in [0, 0.05) is 10.6 Å². The van der Waals surface area contributed by atoms with Crippen molar-refractivity contribution in [2.45, 2.75) is 11.5 Å². The van der Waals surface area contributed by atoms with Crippen LogP contribution in [0.25, 0.3) is 0 Å². The Bertz CT molecular complexity index is 587. The lowest BCUT2D eigenvalue weighted by molar-refractivity contribution is -0.113. The number of nitrogens with one attached hydrogen (secondary N) is 1. The maximum atomic E-state index is 12.7. The molecule has 5 heteroatoms. The van der Waals surface area contributed by atoms with Crippen LogP contribution in [0, 0.1) is 5.82 Å². The number of hydrogen-bond donors (Lipinski definition) is 2. The normalized spacial score (nSPS) is 10.3. The lowest BCUT2D eigenvalue weighted by Gasteiger charge is -2.06. The largest absolute Gasteiger partial charge is 0.392 e. The van der Waals surface area contributed by atoms with Gasteiger partial charge in [0.15, 0.2) is 0 Å². The second-order valence-corrected chi connectivity index (χ2v) is 5.20. The maximum absolute atomic E-state index is 12.7. The zero-order valence-electron chi connectivity index (χ0n) is 10.7. The molecule has 2 N–H and O–H groups in total. The van der Waals surface area contributed by atoms with Gasteiger partial charge in [-0.1, -0.05) is 12.1 Å². The molecule has 0 unspecified atom stereocenters. The fraction of sp³-hybridized carbons (Fsp3) is 0.133. The molecule has 0 aliphatic carbocycles. The molecule has 2 aromatic carbocycles. The SMILES string of the molecule is O=C(CSc1ccc(F)cc1)Nc1cccc(CO)c1. The number of thioether (sulfide) groups is 1. The van der Waals surface area contributed by atoms with Gasteiger partial charge < -0.3 is 10.4 Å². The highest BCUT2D eigenvalue weighted by molar-refractivity contribution is 8.00. The molecule has 0 heterocycles. The molecule has 20 heavy (non-hydrogen) atoms. The van der Waals surface area contributed by atoms with E-state index in [-0.39, 0.29) is 24.1 Å². The number of halogens is 1. The monoisotopic (exact) mass is 291 g/mol. The highest BCUT2D eigenvalue weighted by atomic mass is 32.2. The van der Waals surface area contributed by atoms with Gasteiger partial charge in [0.1, 0.15) is 5.82 Å². The smallest absolute Gasteiger partial charge is 0.234 e. The summed E-state index contributed by atoms with van der Waals surface area (Å²) in [6.07, 6.45) is 0. The Morgan fingerprint density at radius 1 is 1.20 bits per heavy atom. The molecule has 0 radical (unpaired) electrons. The fourth-order valence-electron chi connectivity index (χ4n) is 1.62. The van der Waals surface area contributed by atoms with E-state index in [0.717, 1.165) is 10.5 Å². The molecule has 0 aliphatic heterocycles. The van der Waals surface area contributed by atoms with E-state index in [1.165, 1.54) is 23.9 Å². The molecule has 0 aliphatic rings. The topological polar surface area (TPSA) is 49.3 Å². The van der Waals surface area contributed by atoms with Gasteiger partial charge in [-0.15, -0.1) is 11.8 Å². The molecule has 2 aromatic rings. The van der Waals surface area contributed by atoms with Gasteiger partial charge in [-0.25, -0.2) is 4.39 Å². The summed E-state index contributed by atoms with van der Waals surface area (Å²) in [7, 11) is 0. The summed E-state index contributed by atoms with van der Waals surface area (Å²) in [5.41, 5.74) is 1.40. The highest BCUT2D eigenvalue weighted by Gasteiger charge is 2.04. The third-order valence-electron chi connectivity index (χ3n) is 2.58. The Morgan fingerprint density at radius 2 is 1.95 bits per heavy atom. The lowest BCUT2D eigenvalue weighted by Crippen LogP contribution is -2.14. The zero-order valence-corrected chi connectivity index (χ0v) is 11.5.